The quantitative estimate of drug-likeness (QED) is 0.472. The standard InChI is InChI=1S/C23H19FN2O2/c1-16(20-9-5-6-12-25-20)26(15-17-7-3-2-4-8-17)23(27)22-14-18-13-19(24)10-11-21(18)28-22/h2-14,16H,15H2,1H3. The topological polar surface area (TPSA) is 46.3 Å². The van der Waals surface area contributed by atoms with Crippen LogP contribution in [0.15, 0.2) is 83.4 Å². The maximum atomic E-state index is 13.5. The van der Waals surface area contributed by atoms with Crippen molar-refractivity contribution >= 4 is 16.9 Å². The van der Waals surface area contributed by atoms with Crippen molar-refractivity contribution in [3.8, 4) is 0 Å². The highest BCUT2D eigenvalue weighted by atomic mass is 19.1. The number of amides is 1. The molecule has 2 aromatic heterocycles. The SMILES string of the molecule is CC(c1ccccn1)N(Cc1ccccc1)C(=O)c1cc2cc(F)ccc2o1. The van der Waals surface area contributed by atoms with Gasteiger partial charge < -0.3 is 9.32 Å². The number of benzene rings is 2. The van der Waals surface area contributed by atoms with Gasteiger partial charge in [-0.1, -0.05) is 36.4 Å². The first-order valence-electron chi connectivity index (χ1n) is 9.07. The van der Waals surface area contributed by atoms with Gasteiger partial charge in [-0.2, -0.15) is 0 Å². The second-order valence-electron chi connectivity index (χ2n) is 6.64. The van der Waals surface area contributed by atoms with Crippen molar-refractivity contribution in [1.29, 1.82) is 0 Å². The van der Waals surface area contributed by atoms with Crippen molar-refractivity contribution in [1.82, 2.24) is 9.88 Å². The van der Waals surface area contributed by atoms with Crippen molar-refractivity contribution < 1.29 is 13.6 Å². The van der Waals surface area contributed by atoms with Gasteiger partial charge in [0.15, 0.2) is 5.76 Å². The third-order valence-electron chi connectivity index (χ3n) is 4.73. The monoisotopic (exact) mass is 374 g/mol. The highest BCUT2D eigenvalue weighted by molar-refractivity contribution is 5.96. The van der Waals surface area contributed by atoms with Crippen molar-refractivity contribution in [3.63, 3.8) is 0 Å². The molecule has 0 N–H and O–H groups in total. The molecule has 4 rings (SSSR count). The first-order valence-corrected chi connectivity index (χ1v) is 9.07. The van der Waals surface area contributed by atoms with Gasteiger partial charge in [0.05, 0.1) is 11.7 Å². The van der Waals surface area contributed by atoms with Gasteiger partial charge in [0.2, 0.25) is 0 Å². The van der Waals surface area contributed by atoms with E-state index in [2.05, 4.69) is 4.98 Å². The summed E-state index contributed by atoms with van der Waals surface area (Å²) in [5.74, 6) is -0.451. The summed E-state index contributed by atoms with van der Waals surface area (Å²) >= 11 is 0. The van der Waals surface area contributed by atoms with Gasteiger partial charge in [-0.25, -0.2) is 4.39 Å². The van der Waals surface area contributed by atoms with Crippen LogP contribution in [-0.4, -0.2) is 15.8 Å². The van der Waals surface area contributed by atoms with E-state index in [-0.39, 0.29) is 23.5 Å². The molecule has 4 nitrogen and oxygen atoms in total. The Morgan fingerprint density at radius 1 is 1.07 bits per heavy atom. The molecular weight excluding hydrogens is 355 g/mol. The fourth-order valence-corrected chi connectivity index (χ4v) is 3.21. The van der Waals surface area contributed by atoms with Crippen LogP contribution in [0, 0.1) is 5.82 Å². The Hall–Kier alpha value is -3.47. The number of carbonyl (C=O) groups is 1. The predicted molar refractivity (Wildman–Crippen MR) is 105 cm³/mol. The smallest absolute Gasteiger partial charge is 0.290 e. The van der Waals surface area contributed by atoms with Gasteiger partial charge in [-0.05, 0) is 48.9 Å². The van der Waals surface area contributed by atoms with E-state index in [4.69, 9.17) is 4.42 Å². The molecular formula is C23H19FN2O2. The van der Waals surface area contributed by atoms with E-state index in [0.717, 1.165) is 11.3 Å². The van der Waals surface area contributed by atoms with Crippen molar-refractivity contribution in [2.75, 3.05) is 0 Å². The molecule has 1 atom stereocenters. The summed E-state index contributed by atoms with van der Waals surface area (Å²) < 4.78 is 19.2. The van der Waals surface area contributed by atoms with Crippen LogP contribution in [0.5, 0.6) is 0 Å². The summed E-state index contributed by atoms with van der Waals surface area (Å²) in [4.78, 5) is 19.4. The maximum Gasteiger partial charge on any atom is 0.290 e. The molecule has 0 aliphatic rings. The molecule has 0 saturated carbocycles. The largest absolute Gasteiger partial charge is 0.451 e. The summed E-state index contributed by atoms with van der Waals surface area (Å²) in [5, 5.41) is 0.563. The highest BCUT2D eigenvalue weighted by Gasteiger charge is 2.26. The molecule has 1 unspecified atom stereocenters. The van der Waals surface area contributed by atoms with Gasteiger partial charge in [-0.3, -0.25) is 9.78 Å². The van der Waals surface area contributed by atoms with E-state index in [9.17, 15) is 9.18 Å². The molecule has 28 heavy (non-hydrogen) atoms. The van der Waals surface area contributed by atoms with Crippen LogP contribution in [0.3, 0.4) is 0 Å². The summed E-state index contributed by atoms with van der Waals surface area (Å²) in [6, 6.07) is 20.9. The van der Waals surface area contributed by atoms with E-state index in [1.54, 1.807) is 17.2 Å². The highest BCUT2D eigenvalue weighted by Crippen LogP contribution is 2.27. The number of aromatic nitrogens is 1. The fraction of sp³-hybridized carbons (Fsp3) is 0.130. The molecule has 0 fully saturated rings. The van der Waals surface area contributed by atoms with Crippen LogP contribution in [0.25, 0.3) is 11.0 Å². The Kier molecular flexibility index (Phi) is 4.89. The number of nitrogens with zero attached hydrogens (tertiary/aromatic N) is 2. The molecule has 0 aliphatic carbocycles. The Balaban J connectivity index is 1.71. The molecule has 4 aromatic rings. The first-order chi connectivity index (χ1) is 13.6. The lowest BCUT2D eigenvalue weighted by atomic mass is 10.1. The molecule has 1 amide bonds. The number of hydrogen-bond donors (Lipinski definition) is 0. The summed E-state index contributed by atoms with van der Waals surface area (Å²) in [6.07, 6.45) is 1.71. The number of fused-ring (bicyclic) bond motifs is 1. The minimum atomic E-state index is -0.365. The molecule has 0 radical (unpaired) electrons. The molecule has 0 bridgehead atoms. The third kappa shape index (κ3) is 3.64. The van der Waals surface area contributed by atoms with E-state index < -0.39 is 0 Å². The van der Waals surface area contributed by atoms with Crippen LogP contribution in [0.2, 0.25) is 0 Å². The Morgan fingerprint density at radius 3 is 2.61 bits per heavy atom. The molecule has 0 aliphatic heterocycles. The lowest BCUT2D eigenvalue weighted by Crippen LogP contribution is -2.33. The normalized spacial score (nSPS) is 12.1. The Bertz CT molecular complexity index is 1090. The zero-order chi connectivity index (χ0) is 19.5. The van der Waals surface area contributed by atoms with Gasteiger partial charge in [0.25, 0.3) is 5.91 Å². The zero-order valence-electron chi connectivity index (χ0n) is 15.4. The summed E-state index contributed by atoms with van der Waals surface area (Å²) in [6.45, 7) is 2.34. The van der Waals surface area contributed by atoms with Gasteiger partial charge in [0.1, 0.15) is 11.4 Å². The van der Waals surface area contributed by atoms with Crippen molar-refractivity contribution in [2.45, 2.75) is 19.5 Å². The summed E-state index contributed by atoms with van der Waals surface area (Å²) in [7, 11) is 0. The molecule has 5 heteroatoms. The zero-order valence-corrected chi connectivity index (χ0v) is 15.4. The second kappa shape index (κ2) is 7.64. The van der Waals surface area contributed by atoms with E-state index in [1.165, 1.54) is 18.2 Å². The maximum absolute atomic E-state index is 13.5. The number of halogens is 1. The second-order valence-corrected chi connectivity index (χ2v) is 6.64. The minimum absolute atomic E-state index is 0.180. The summed E-state index contributed by atoms with van der Waals surface area (Å²) in [5.41, 5.74) is 2.27. The van der Waals surface area contributed by atoms with Crippen LogP contribution in [-0.2, 0) is 6.54 Å². The van der Waals surface area contributed by atoms with E-state index in [1.807, 2.05) is 55.5 Å². The molecule has 140 valence electrons. The van der Waals surface area contributed by atoms with Crippen LogP contribution in [0.1, 0.15) is 34.8 Å². The molecule has 0 saturated heterocycles. The Morgan fingerprint density at radius 2 is 1.86 bits per heavy atom. The Labute approximate surface area is 162 Å². The van der Waals surface area contributed by atoms with Crippen LogP contribution < -0.4 is 0 Å². The average Bonchev–Trinajstić information content (AvgIpc) is 3.15. The van der Waals surface area contributed by atoms with Gasteiger partial charge in [0, 0.05) is 18.1 Å². The number of hydrogen-bond acceptors (Lipinski definition) is 3. The van der Waals surface area contributed by atoms with Gasteiger partial charge >= 0.3 is 0 Å². The predicted octanol–water partition coefficient (Wildman–Crippen LogP) is 5.37. The molecule has 0 spiro atoms. The van der Waals surface area contributed by atoms with E-state index >= 15 is 0 Å². The van der Waals surface area contributed by atoms with Gasteiger partial charge in [-0.15, -0.1) is 0 Å². The van der Waals surface area contributed by atoms with Crippen molar-refractivity contribution in [2.24, 2.45) is 0 Å². The third-order valence-corrected chi connectivity index (χ3v) is 4.73. The van der Waals surface area contributed by atoms with Crippen LogP contribution >= 0.6 is 0 Å². The lowest BCUT2D eigenvalue weighted by molar-refractivity contribution is 0.0640. The number of pyridine rings is 1. The lowest BCUT2D eigenvalue weighted by Gasteiger charge is -2.28. The number of rotatable bonds is 5. The number of carbonyl (C=O) groups excluding carboxylic acids is 1. The fourth-order valence-electron chi connectivity index (χ4n) is 3.21. The average molecular weight is 374 g/mol. The number of furan rings is 1. The van der Waals surface area contributed by atoms with Crippen molar-refractivity contribution in [3.05, 3.63) is 102 Å². The molecule has 2 aromatic carbocycles. The van der Waals surface area contributed by atoms with E-state index in [0.29, 0.717) is 17.5 Å². The minimum Gasteiger partial charge on any atom is -0.451 e. The molecule has 2 heterocycles. The van der Waals surface area contributed by atoms with Crippen LogP contribution in [0.4, 0.5) is 4.39 Å². The first kappa shape index (κ1) is 17.9.